The van der Waals surface area contributed by atoms with Crippen molar-refractivity contribution in [3.63, 3.8) is 0 Å². The Morgan fingerprint density at radius 1 is 1.03 bits per heavy atom. The Bertz CT molecular complexity index is 2640. The summed E-state index contributed by atoms with van der Waals surface area (Å²) >= 11 is 0. The van der Waals surface area contributed by atoms with Gasteiger partial charge in [0, 0.05) is 80.9 Å². The molecule has 0 saturated carbocycles. The maximum absolute atomic E-state index is 14.8. The minimum Gasteiger partial charge on any atom is -0.508 e. The topological polar surface area (TPSA) is 198 Å². The van der Waals surface area contributed by atoms with E-state index in [1.165, 1.54) is 5.01 Å². The molecule has 0 aliphatic carbocycles. The van der Waals surface area contributed by atoms with Crippen molar-refractivity contribution in [1.29, 1.82) is 0 Å². The molecule has 4 amide bonds. The Labute approximate surface area is 398 Å². The molecule has 9 rings (SSSR count). The molecule has 1 spiro atoms. The second-order valence-corrected chi connectivity index (χ2v) is 20.7. The van der Waals surface area contributed by atoms with Crippen molar-refractivity contribution in [2.45, 2.75) is 117 Å². The van der Waals surface area contributed by atoms with E-state index in [1.807, 2.05) is 39.0 Å². The predicted octanol–water partition coefficient (Wildman–Crippen LogP) is 4.90. The summed E-state index contributed by atoms with van der Waals surface area (Å²) < 4.78 is 14.2. The van der Waals surface area contributed by atoms with Crippen molar-refractivity contribution in [2.75, 3.05) is 46.4 Å². The number of amides is 4. The number of aromatic hydroxyl groups is 1. The van der Waals surface area contributed by atoms with Crippen LogP contribution in [0.15, 0.2) is 54.7 Å². The van der Waals surface area contributed by atoms with Gasteiger partial charge in [-0.3, -0.25) is 34.0 Å². The number of cyclic esters (lactones) is 1. The lowest BCUT2D eigenvalue weighted by Gasteiger charge is -2.37. The molecule has 362 valence electrons. The first-order valence-electron chi connectivity index (χ1n) is 24.4. The summed E-state index contributed by atoms with van der Waals surface area (Å²) in [5, 5.41) is 19.9. The van der Waals surface area contributed by atoms with E-state index >= 15 is 0 Å². The van der Waals surface area contributed by atoms with Crippen LogP contribution in [-0.4, -0.2) is 130 Å². The summed E-state index contributed by atoms with van der Waals surface area (Å²) in [5.41, 5.74) is 8.87. The van der Waals surface area contributed by atoms with Crippen molar-refractivity contribution in [1.82, 2.24) is 40.4 Å². The van der Waals surface area contributed by atoms with Crippen LogP contribution >= 0.6 is 0 Å². The minimum atomic E-state index is -1.14. The molecule has 2 aromatic heterocycles. The number of phenols is 1. The molecule has 6 bridgehead atoms. The largest absolute Gasteiger partial charge is 0.508 e. The van der Waals surface area contributed by atoms with Crippen molar-refractivity contribution >= 4 is 40.5 Å². The average Bonchev–Trinajstić information content (AvgIpc) is 3.92. The number of hydrogen-bond acceptors (Lipinski definition) is 11. The number of nitrogens with one attached hydrogen (secondary N) is 3. The fourth-order valence-electron chi connectivity index (χ4n) is 11.1. The number of phenolic OH excluding ortho intramolecular Hbond substituents is 1. The zero-order chi connectivity index (χ0) is 48.2. The van der Waals surface area contributed by atoms with Gasteiger partial charge in [0.05, 0.1) is 35.6 Å². The van der Waals surface area contributed by atoms with Crippen LogP contribution in [0.2, 0.25) is 0 Å². The number of rotatable bonds is 9. The molecule has 6 atom stereocenters. The predicted molar refractivity (Wildman–Crippen MR) is 256 cm³/mol. The van der Waals surface area contributed by atoms with Crippen LogP contribution < -0.4 is 16.1 Å². The van der Waals surface area contributed by atoms with E-state index in [0.717, 1.165) is 44.5 Å². The first kappa shape index (κ1) is 47.2. The molecule has 5 aliphatic heterocycles. The molecule has 4 fully saturated rings. The lowest BCUT2D eigenvalue weighted by molar-refractivity contribution is -0.155. The van der Waals surface area contributed by atoms with E-state index in [1.54, 1.807) is 35.2 Å². The SMILES string of the molecule is CCn1c(-c2cccnc2[C@H](C)OC)c2c3cc(ccc31)-c1cc(O)cc(c1)C[C@H](NC(=O)C(C(C)C)N1CC[C@]3(CCN(C(=O)[C@@H]4CN4)C3)C1=O)C(=O)N1CCC[C@H](N1)C(=O)OCC(C)(C)C2. The van der Waals surface area contributed by atoms with Gasteiger partial charge in [0.1, 0.15) is 23.9 Å². The number of likely N-dealkylation sites (tertiary alicyclic amines) is 2. The van der Waals surface area contributed by atoms with E-state index in [2.05, 4.69) is 59.6 Å². The maximum atomic E-state index is 14.8. The fourth-order valence-corrected chi connectivity index (χ4v) is 11.1. The summed E-state index contributed by atoms with van der Waals surface area (Å²) in [6.07, 6.45) is 4.08. The smallest absolute Gasteiger partial charge is 0.324 e. The van der Waals surface area contributed by atoms with Crippen LogP contribution in [0.5, 0.6) is 5.75 Å². The number of aryl methyl sites for hydroxylation is 1. The first-order chi connectivity index (χ1) is 32.5. The van der Waals surface area contributed by atoms with Crippen molar-refractivity contribution in [3.05, 3.63) is 71.5 Å². The van der Waals surface area contributed by atoms with Gasteiger partial charge in [-0.05, 0) is 111 Å². The number of pyridine rings is 1. The van der Waals surface area contributed by atoms with Crippen LogP contribution in [0.1, 0.15) is 90.2 Å². The molecule has 2 aromatic carbocycles. The van der Waals surface area contributed by atoms with Gasteiger partial charge in [0.25, 0.3) is 5.91 Å². The van der Waals surface area contributed by atoms with E-state index in [-0.39, 0.29) is 55.2 Å². The lowest BCUT2D eigenvalue weighted by atomic mass is 9.84. The standard InChI is InChI=1S/C52H66N8O8/c1-8-58-42-14-13-33-25-37(42)38(45(58)36-11-9-17-53-43(36)31(4)67-7)26-51(5,6)29-68-49(65)39-12-10-18-60(56-39)48(64)40(23-32-21-34(33)24-35(61)22-32)55-46(62)44(30(2)3)59-20-16-52(50(59)66)15-19-57(28-52)47(63)41-27-54-41/h9,11,13-14,17,21-22,24-25,30-31,39-41,44,54,56,61H,8,10,12,15-16,18-20,23,26-29H2,1-7H3,(H,55,62)/t31-,39-,40-,41-,44?,52-/m0/s1. The van der Waals surface area contributed by atoms with Gasteiger partial charge >= 0.3 is 5.97 Å². The number of fused-ring (bicyclic) bond motifs is 6. The zero-order valence-corrected chi connectivity index (χ0v) is 40.4. The van der Waals surface area contributed by atoms with Gasteiger partial charge < -0.3 is 39.6 Å². The highest BCUT2D eigenvalue weighted by molar-refractivity contribution is 5.97. The van der Waals surface area contributed by atoms with Crippen molar-refractivity contribution < 1.29 is 38.6 Å². The van der Waals surface area contributed by atoms with Crippen LogP contribution in [0.25, 0.3) is 33.3 Å². The van der Waals surface area contributed by atoms with Gasteiger partial charge in [-0.1, -0.05) is 39.8 Å². The highest BCUT2D eigenvalue weighted by Crippen LogP contribution is 2.44. The van der Waals surface area contributed by atoms with E-state index in [4.69, 9.17) is 14.5 Å². The van der Waals surface area contributed by atoms with Crippen LogP contribution in [-0.2, 0) is 52.8 Å². The molecule has 7 heterocycles. The Morgan fingerprint density at radius 3 is 2.54 bits per heavy atom. The summed E-state index contributed by atoms with van der Waals surface area (Å²) in [4.78, 5) is 79.1. The number of methoxy groups -OCH3 is 1. The third-order valence-corrected chi connectivity index (χ3v) is 14.8. The lowest BCUT2D eigenvalue weighted by Crippen LogP contribution is -2.62. The van der Waals surface area contributed by atoms with E-state index < -0.39 is 46.7 Å². The number of carbonyl (C=O) groups excluding carboxylic acids is 5. The quantitative estimate of drug-likeness (QED) is 0.132. The summed E-state index contributed by atoms with van der Waals surface area (Å²) in [6.45, 7) is 14.9. The second-order valence-electron chi connectivity index (χ2n) is 20.7. The number of ether oxygens (including phenoxy) is 2. The molecule has 4 N–H and O–H groups in total. The number of nitrogens with zero attached hydrogens (tertiary/aromatic N) is 5. The number of hydrogen-bond donors (Lipinski definition) is 4. The van der Waals surface area contributed by atoms with Gasteiger partial charge in [0.2, 0.25) is 17.7 Å². The zero-order valence-electron chi connectivity index (χ0n) is 40.4. The third kappa shape index (κ3) is 8.98. The van der Waals surface area contributed by atoms with Gasteiger partial charge in [-0.2, -0.15) is 0 Å². The molecular formula is C52H66N8O8. The molecule has 16 heteroatoms. The average molecular weight is 931 g/mol. The molecular weight excluding hydrogens is 865 g/mol. The monoisotopic (exact) mass is 931 g/mol. The maximum Gasteiger partial charge on any atom is 0.324 e. The Kier molecular flexibility index (Phi) is 12.9. The van der Waals surface area contributed by atoms with Gasteiger partial charge in [0.15, 0.2) is 0 Å². The minimum absolute atomic E-state index is 0.000244. The molecule has 5 aliphatic rings. The highest BCUT2D eigenvalue weighted by Gasteiger charge is 2.55. The molecule has 1 unspecified atom stereocenters. The Hall–Kier alpha value is -5.84. The van der Waals surface area contributed by atoms with Crippen LogP contribution in [0.3, 0.4) is 0 Å². The summed E-state index contributed by atoms with van der Waals surface area (Å²) in [5.74, 6) is -1.84. The first-order valence-corrected chi connectivity index (χ1v) is 24.4. The number of benzene rings is 2. The molecule has 68 heavy (non-hydrogen) atoms. The molecule has 4 saturated heterocycles. The Morgan fingerprint density at radius 2 is 1.81 bits per heavy atom. The molecule has 4 aromatic rings. The third-order valence-electron chi connectivity index (χ3n) is 14.8. The van der Waals surface area contributed by atoms with Gasteiger partial charge in [-0.25, -0.2) is 5.43 Å². The van der Waals surface area contributed by atoms with Crippen molar-refractivity contribution in [3.8, 4) is 28.1 Å². The highest BCUT2D eigenvalue weighted by atomic mass is 16.5. The summed E-state index contributed by atoms with van der Waals surface area (Å²) in [6, 6.07) is 12.5. The van der Waals surface area contributed by atoms with Crippen LogP contribution in [0.4, 0.5) is 0 Å². The fraction of sp³-hybridized carbons (Fsp3) is 0.538. The number of carbonyl (C=O) groups is 5. The van der Waals surface area contributed by atoms with Crippen molar-refractivity contribution in [2.24, 2.45) is 16.7 Å². The normalized spacial score (nSPS) is 24.9. The second kappa shape index (κ2) is 18.6. The van der Waals surface area contributed by atoms with Crippen LogP contribution in [0, 0.1) is 16.7 Å². The Balaban J connectivity index is 1.10. The summed E-state index contributed by atoms with van der Waals surface area (Å²) in [7, 11) is 1.68. The number of hydrazine groups is 1. The van der Waals surface area contributed by atoms with Gasteiger partial charge in [-0.15, -0.1) is 0 Å². The molecule has 16 nitrogen and oxygen atoms in total. The number of aromatic nitrogens is 2. The number of esters is 1. The van der Waals surface area contributed by atoms with E-state index in [9.17, 15) is 29.1 Å². The van der Waals surface area contributed by atoms with E-state index in [0.29, 0.717) is 70.4 Å². The molecule has 0 radical (unpaired) electrons.